The molecule has 1 aromatic carbocycles. The summed E-state index contributed by atoms with van der Waals surface area (Å²) in [5.41, 5.74) is 6.83. The van der Waals surface area contributed by atoms with E-state index in [4.69, 9.17) is 5.73 Å². The number of rotatable bonds is 4. The zero-order valence-electron chi connectivity index (χ0n) is 12.2. The molecule has 0 spiro atoms. The summed E-state index contributed by atoms with van der Waals surface area (Å²) in [5.74, 6) is -0.244. The van der Waals surface area contributed by atoms with Gasteiger partial charge in [0.05, 0.1) is 17.4 Å². The van der Waals surface area contributed by atoms with E-state index in [-0.39, 0.29) is 42.5 Å². The number of nitrogens with zero attached hydrogens (tertiary/aromatic N) is 1. The van der Waals surface area contributed by atoms with E-state index in [2.05, 4.69) is 0 Å². The van der Waals surface area contributed by atoms with Crippen LogP contribution in [0.5, 0.6) is 0 Å². The van der Waals surface area contributed by atoms with E-state index >= 15 is 0 Å². The summed E-state index contributed by atoms with van der Waals surface area (Å²) in [5, 5.41) is 0. The van der Waals surface area contributed by atoms with Crippen molar-refractivity contribution in [2.45, 2.75) is 19.4 Å². The molecule has 5 nitrogen and oxygen atoms in total. The van der Waals surface area contributed by atoms with Gasteiger partial charge in [-0.1, -0.05) is 30.3 Å². The Morgan fingerprint density at radius 3 is 2.62 bits per heavy atom. The molecule has 0 bridgehead atoms. The number of amides is 1. The van der Waals surface area contributed by atoms with E-state index in [1.807, 2.05) is 30.3 Å². The van der Waals surface area contributed by atoms with Crippen LogP contribution in [-0.2, 0) is 21.1 Å². The number of carbonyl (C=O) groups excluding carboxylic acids is 1. The van der Waals surface area contributed by atoms with E-state index in [9.17, 15) is 13.2 Å². The van der Waals surface area contributed by atoms with E-state index in [0.29, 0.717) is 6.42 Å². The van der Waals surface area contributed by atoms with Gasteiger partial charge in [-0.15, -0.1) is 0 Å². The molecule has 1 aliphatic heterocycles. The Balaban J connectivity index is 2.06. The molecule has 2 N–H and O–H groups in total. The van der Waals surface area contributed by atoms with Crippen molar-refractivity contribution in [2.75, 3.05) is 24.6 Å². The monoisotopic (exact) mass is 310 g/mol. The van der Waals surface area contributed by atoms with Crippen LogP contribution >= 0.6 is 0 Å². The van der Waals surface area contributed by atoms with Gasteiger partial charge in [-0.05, 0) is 18.9 Å². The molecule has 2 atom stereocenters. The molecule has 1 amide bonds. The maximum atomic E-state index is 12.6. The van der Waals surface area contributed by atoms with Crippen molar-refractivity contribution < 1.29 is 13.2 Å². The minimum Gasteiger partial charge on any atom is -0.338 e. The maximum absolute atomic E-state index is 12.6. The molecule has 1 heterocycles. The largest absolute Gasteiger partial charge is 0.338 e. The van der Waals surface area contributed by atoms with Gasteiger partial charge in [-0.25, -0.2) is 8.42 Å². The molecule has 1 fully saturated rings. The Morgan fingerprint density at radius 2 is 2.05 bits per heavy atom. The van der Waals surface area contributed by atoms with E-state index in [1.54, 1.807) is 11.8 Å². The van der Waals surface area contributed by atoms with Crippen LogP contribution in [0, 0.1) is 5.92 Å². The van der Waals surface area contributed by atoms with Crippen molar-refractivity contribution in [1.82, 2.24) is 4.90 Å². The first-order valence-corrected chi connectivity index (χ1v) is 9.00. The third-order valence-electron chi connectivity index (χ3n) is 3.91. The van der Waals surface area contributed by atoms with Gasteiger partial charge in [-0.3, -0.25) is 4.79 Å². The van der Waals surface area contributed by atoms with Gasteiger partial charge in [0, 0.05) is 19.1 Å². The van der Waals surface area contributed by atoms with Crippen LogP contribution in [0.2, 0.25) is 0 Å². The Kier molecular flexibility index (Phi) is 5.00. The molecular formula is C15H22N2O3S. The van der Waals surface area contributed by atoms with Gasteiger partial charge < -0.3 is 10.6 Å². The number of hydrogen-bond acceptors (Lipinski definition) is 4. The number of sulfone groups is 1. The first-order valence-electron chi connectivity index (χ1n) is 7.18. The third kappa shape index (κ3) is 4.04. The summed E-state index contributed by atoms with van der Waals surface area (Å²) >= 11 is 0. The second-order valence-electron chi connectivity index (χ2n) is 5.62. The van der Waals surface area contributed by atoms with Crippen LogP contribution in [-0.4, -0.2) is 49.9 Å². The highest BCUT2D eigenvalue weighted by molar-refractivity contribution is 7.91. The van der Waals surface area contributed by atoms with E-state index in [0.717, 1.165) is 5.56 Å². The molecular weight excluding hydrogens is 288 g/mol. The lowest BCUT2D eigenvalue weighted by Crippen LogP contribution is -2.52. The van der Waals surface area contributed by atoms with Crippen molar-refractivity contribution in [1.29, 1.82) is 0 Å². The number of carbonyl (C=O) groups is 1. The van der Waals surface area contributed by atoms with Crippen molar-refractivity contribution in [2.24, 2.45) is 11.7 Å². The Hall–Kier alpha value is -1.40. The molecule has 0 saturated carbocycles. The fraction of sp³-hybridized carbons (Fsp3) is 0.533. The standard InChI is InChI=1S/C15H22N2O3S/c1-12-11-21(19,20)8-7-17(12)15(18)14(10-16)9-13-5-3-2-4-6-13/h2-6,12,14H,7-11,16H2,1H3. The highest BCUT2D eigenvalue weighted by Gasteiger charge is 2.33. The smallest absolute Gasteiger partial charge is 0.227 e. The van der Waals surface area contributed by atoms with Gasteiger partial charge in [0.2, 0.25) is 5.91 Å². The van der Waals surface area contributed by atoms with Gasteiger partial charge in [0.15, 0.2) is 9.84 Å². The van der Waals surface area contributed by atoms with Crippen LogP contribution in [0.25, 0.3) is 0 Å². The maximum Gasteiger partial charge on any atom is 0.227 e. The summed E-state index contributed by atoms with van der Waals surface area (Å²) in [7, 11) is -3.01. The molecule has 0 aromatic heterocycles. The predicted molar refractivity (Wildman–Crippen MR) is 82.5 cm³/mol. The number of hydrogen-bond donors (Lipinski definition) is 1. The lowest BCUT2D eigenvalue weighted by atomic mass is 9.97. The van der Waals surface area contributed by atoms with E-state index in [1.165, 1.54) is 0 Å². The van der Waals surface area contributed by atoms with Gasteiger partial charge in [-0.2, -0.15) is 0 Å². The van der Waals surface area contributed by atoms with Crippen LogP contribution in [0.4, 0.5) is 0 Å². The van der Waals surface area contributed by atoms with Crippen LogP contribution in [0.15, 0.2) is 30.3 Å². The second-order valence-corrected chi connectivity index (χ2v) is 7.85. The zero-order valence-corrected chi connectivity index (χ0v) is 13.1. The molecule has 1 aromatic rings. The van der Waals surface area contributed by atoms with Crippen LogP contribution in [0.3, 0.4) is 0 Å². The molecule has 6 heteroatoms. The Morgan fingerprint density at radius 1 is 1.38 bits per heavy atom. The molecule has 1 saturated heterocycles. The fourth-order valence-electron chi connectivity index (χ4n) is 2.73. The highest BCUT2D eigenvalue weighted by atomic mass is 32.2. The zero-order chi connectivity index (χ0) is 15.5. The van der Waals surface area contributed by atoms with Crippen molar-refractivity contribution in [3.05, 3.63) is 35.9 Å². The van der Waals surface area contributed by atoms with E-state index < -0.39 is 9.84 Å². The summed E-state index contributed by atoms with van der Waals surface area (Å²) in [6.45, 7) is 2.32. The molecule has 0 aliphatic carbocycles. The SMILES string of the molecule is CC1CS(=O)(=O)CCN1C(=O)C(CN)Cc1ccccc1. The minimum absolute atomic E-state index is 0.0382. The average molecular weight is 310 g/mol. The van der Waals surface area contributed by atoms with Crippen LogP contribution < -0.4 is 5.73 Å². The van der Waals surface area contributed by atoms with Gasteiger partial charge in [0.25, 0.3) is 0 Å². The molecule has 1 aliphatic rings. The Bertz CT molecular complexity index is 586. The number of nitrogens with two attached hydrogens (primary N) is 1. The topological polar surface area (TPSA) is 80.5 Å². The lowest BCUT2D eigenvalue weighted by molar-refractivity contribution is -0.136. The van der Waals surface area contributed by atoms with Gasteiger partial charge >= 0.3 is 0 Å². The highest BCUT2D eigenvalue weighted by Crippen LogP contribution is 2.17. The first kappa shape index (κ1) is 16.0. The quantitative estimate of drug-likeness (QED) is 0.875. The first-order chi connectivity index (χ1) is 9.93. The molecule has 2 unspecified atom stereocenters. The van der Waals surface area contributed by atoms with Crippen molar-refractivity contribution in [3.8, 4) is 0 Å². The van der Waals surface area contributed by atoms with Crippen LogP contribution in [0.1, 0.15) is 12.5 Å². The molecule has 2 rings (SSSR count). The molecule has 116 valence electrons. The average Bonchev–Trinajstić information content (AvgIpc) is 2.44. The fourth-order valence-corrected chi connectivity index (χ4v) is 4.29. The summed E-state index contributed by atoms with van der Waals surface area (Å²) in [4.78, 5) is 14.3. The van der Waals surface area contributed by atoms with Crippen molar-refractivity contribution in [3.63, 3.8) is 0 Å². The van der Waals surface area contributed by atoms with Crippen molar-refractivity contribution >= 4 is 15.7 Å². The number of benzene rings is 1. The van der Waals surface area contributed by atoms with Gasteiger partial charge in [0.1, 0.15) is 0 Å². The molecule has 21 heavy (non-hydrogen) atoms. The molecule has 0 radical (unpaired) electrons. The summed E-state index contributed by atoms with van der Waals surface area (Å²) in [6, 6.07) is 9.47. The summed E-state index contributed by atoms with van der Waals surface area (Å²) in [6.07, 6.45) is 0.589. The minimum atomic E-state index is -3.01. The normalized spacial score (nSPS) is 22.8. The predicted octanol–water partition coefficient (Wildman–Crippen LogP) is 0.450. The Labute approximate surface area is 126 Å². The second kappa shape index (κ2) is 6.58. The summed E-state index contributed by atoms with van der Waals surface area (Å²) < 4.78 is 23.2. The third-order valence-corrected chi connectivity index (χ3v) is 5.71. The lowest BCUT2D eigenvalue weighted by Gasteiger charge is -2.35.